The van der Waals surface area contributed by atoms with E-state index in [0.29, 0.717) is 77.5 Å². The highest BCUT2D eigenvalue weighted by Crippen LogP contribution is 2.48. The smallest absolute Gasteiger partial charge is 0.326 e. The van der Waals surface area contributed by atoms with Gasteiger partial charge in [0.15, 0.2) is 0 Å². The lowest BCUT2D eigenvalue weighted by Gasteiger charge is -2.41. The zero-order chi connectivity index (χ0) is 46.0. The zero-order valence-corrected chi connectivity index (χ0v) is 39.3. The van der Waals surface area contributed by atoms with E-state index in [2.05, 4.69) is 65.8 Å². The summed E-state index contributed by atoms with van der Waals surface area (Å²) in [7, 11) is 0. The predicted molar refractivity (Wildman–Crippen MR) is 250 cm³/mol. The number of carbonyl (C=O) groups excluding carboxylic acids is 1. The van der Waals surface area contributed by atoms with Gasteiger partial charge in [-0.1, -0.05) is 58.8 Å². The van der Waals surface area contributed by atoms with Gasteiger partial charge in [-0.3, -0.25) is 4.79 Å². The number of rotatable bonds is 18. The summed E-state index contributed by atoms with van der Waals surface area (Å²) in [6.07, 6.45) is 14.4. The van der Waals surface area contributed by atoms with Gasteiger partial charge in [0.1, 0.15) is 45.2 Å². The first-order valence-corrected chi connectivity index (χ1v) is 23.0. The SMILES string of the molecule is CC(C)=CCC/C(C)=C/CC[C@@]1(C)Oc2c(c(O)cc3c2CN([C@@H](CCCN2Cc4c(cc(O)c5c4O[C@](C)(CC/C=C(\C)CCC=C(C)C)[C@@H](O)C5)C2=S)C(=O)O)C3=O)C[C@@H]1O. The Hall–Kier alpha value is -4.65. The fourth-order valence-corrected chi connectivity index (χ4v) is 9.74. The number of carbonyl (C=O) groups is 2. The van der Waals surface area contributed by atoms with Crippen molar-refractivity contribution in [1.29, 1.82) is 0 Å². The number of thiocarbonyl (C=S) groups is 1. The Balaban J connectivity index is 1.11. The molecule has 0 fully saturated rings. The lowest BCUT2D eigenvalue weighted by atomic mass is 9.84. The number of ether oxygens (including phenoxy) is 2. The molecule has 0 aromatic heterocycles. The average Bonchev–Trinajstić information content (AvgIpc) is 3.69. The highest BCUT2D eigenvalue weighted by molar-refractivity contribution is 7.80. The molecule has 5 N–H and O–H groups in total. The molecule has 6 rings (SSSR count). The molecule has 63 heavy (non-hydrogen) atoms. The van der Waals surface area contributed by atoms with Crippen molar-refractivity contribution in [2.75, 3.05) is 6.54 Å². The molecule has 2 aromatic rings. The lowest BCUT2D eigenvalue weighted by Crippen LogP contribution is -2.49. The number of fused-ring (bicyclic) bond motifs is 6. The summed E-state index contributed by atoms with van der Waals surface area (Å²) in [6, 6.07) is 1.86. The quantitative estimate of drug-likeness (QED) is 0.0717. The average molecular weight is 885 g/mol. The Bertz CT molecular complexity index is 2230. The Morgan fingerprint density at radius 3 is 1.71 bits per heavy atom. The van der Waals surface area contributed by atoms with Crippen molar-refractivity contribution in [3.63, 3.8) is 0 Å². The van der Waals surface area contributed by atoms with Gasteiger partial charge in [-0.15, -0.1) is 0 Å². The number of aliphatic carboxylic acids is 1. The molecule has 4 aliphatic rings. The van der Waals surface area contributed by atoms with Crippen molar-refractivity contribution in [2.24, 2.45) is 0 Å². The van der Waals surface area contributed by atoms with Crippen LogP contribution >= 0.6 is 12.2 Å². The molecule has 1 amide bonds. The highest BCUT2D eigenvalue weighted by atomic mass is 32.1. The van der Waals surface area contributed by atoms with Gasteiger partial charge in [0, 0.05) is 53.7 Å². The van der Waals surface area contributed by atoms with Crippen molar-refractivity contribution < 1.29 is 44.6 Å². The summed E-state index contributed by atoms with van der Waals surface area (Å²) in [5.74, 6) is -0.876. The maximum Gasteiger partial charge on any atom is 0.326 e. The maximum absolute atomic E-state index is 14.0. The number of hydrogen-bond donors (Lipinski definition) is 5. The number of carboxylic acid groups (broad SMARTS) is 1. The minimum absolute atomic E-state index is 0.00447. The molecule has 12 heteroatoms. The number of hydrogen-bond acceptors (Lipinski definition) is 9. The molecular weight excluding hydrogens is 817 g/mol. The van der Waals surface area contributed by atoms with Crippen LogP contribution in [0.4, 0.5) is 0 Å². The highest BCUT2D eigenvalue weighted by Gasteiger charge is 2.47. The van der Waals surface area contributed by atoms with Crippen LogP contribution in [0.1, 0.15) is 158 Å². The van der Waals surface area contributed by atoms with Crippen LogP contribution in [0.5, 0.6) is 23.0 Å². The molecule has 5 atom stereocenters. The fourth-order valence-electron chi connectivity index (χ4n) is 9.40. The van der Waals surface area contributed by atoms with Crippen LogP contribution in [0.25, 0.3) is 0 Å². The number of aromatic hydroxyl groups is 2. The summed E-state index contributed by atoms with van der Waals surface area (Å²) in [5.41, 5.74) is 6.48. The Kier molecular flexibility index (Phi) is 14.9. The summed E-state index contributed by atoms with van der Waals surface area (Å²) in [6.45, 7) is 17.1. The minimum atomic E-state index is -1.16. The monoisotopic (exact) mass is 884 g/mol. The molecule has 11 nitrogen and oxygen atoms in total. The summed E-state index contributed by atoms with van der Waals surface area (Å²) in [5, 5.41) is 55.2. The lowest BCUT2D eigenvalue weighted by molar-refractivity contribution is -0.142. The number of amides is 1. The maximum atomic E-state index is 14.0. The van der Waals surface area contributed by atoms with E-state index in [4.69, 9.17) is 21.7 Å². The number of aliphatic hydroxyl groups excluding tert-OH is 2. The van der Waals surface area contributed by atoms with Gasteiger partial charge in [0.2, 0.25) is 0 Å². The predicted octanol–water partition coefficient (Wildman–Crippen LogP) is 9.53. The zero-order valence-electron chi connectivity index (χ0n) is 38.5. The van der Waals surface area contributed by atoms with Crippen molar-refractivity contribution in [1.82, 2.24) is 9.80 Å². The first kappa shape index (κ1) is 47.8. The van der Waals surface area contributed by atoms with Crippen LogP contribution < -0.4 is 9.47 Å². The van der Waals surface area contributed by atoms with Crippen LogP contribution in [0.3, 0.4) is 0 Å². The van der Waals surface area contributed by atoms with Crippen LogP contribution in [0.15, 0.2) is 58.7 Å². The molecule has 0 aliphatic carbocycles. The van der Waals surface area contributed by atoms with E-state index in [0.717, 1.165) is 37.7 Å². The minimum Gasteiger partial charge on any atom is -0.508 e. The molecule has 342 valence electrons. The molecule has 4 aliphatic heterocycles. The second-order valence-electron chi connectivity index (χ2n) is 19.2. The van der Waals surface area contributed by atoms with Gasteiger partial charge >= 0.3 is 5.97 Å². The van der Waals surface area contributed by atoms with Gasteiger partial charge in [0.25, 0.3) is 5.91 Å². The molecule has 0 spiro atoms. The van der Waals surface area contributed by atoms with Crippen LogP contribution in [-0.2, 0) is 30.7 Å². The number of carboxylic acids is 1. The summed E-state index contributed by atoms with van der Waals surface area (Å²) in [4.78, 5) is 30.6. The topological polar surface area (TPSA) is 160 Å². The van der Waals surface area contributed by atoms with Gasteiger partial charge in [-0.05, 0) is 132 Å². The molecular formula is C51H68N2O9S. The molecule has 2 aromatic carbocycles. The second kappa shape index (κ2) is 19.6. The number of allylic oxidation sites excluding steroid dienone is 8. The van der Waals surface area contributed by atoms with Crippen molar-refractivity contribution in [3.8, 4) is 23.0 Å². The molecule has 0 saturated carbocycles. The summed E-state index contributed by atoms with van der Waals surface area (Å²) >= 11 is 5.91. The second-order valence-corrected chi connectivity index (χ2v) is 19.6. The Labute approximate surface area is 378 Å². The van der Waals surface area contributed by atoms with Crippen molar-refractivity contribution >= 4 is 29.1 Å². The molecule has 0 unspecified atom stereocenters. The molecule has 0 saturated heterocycles. The largest absolute Gasteiger partial charge is 0.508 e. The first-order valence-electron chi connectivity index (χ1n) is 22.6. The van der Waals surface area contributed by atoms with Crippen LogP contribution in [0.2, 0.25) is 0 Å². The number of benzene rings is 2. The first-order chi connectivity index (χ1) is 29.7. The van der Waals surface area contributed by atoms with Crippen molar-refractivity contribution in [3.05, 3.63) is 92.1 Å². The van der Waals surface area contributed by atoms with Gasteiger partial charge in [-0.25, -0.2) is 4.79 Å². The standard InChI is InChI=1S/C51H68N2O9S/c1-30(2)14-9-16-32(5)18-11-21-50(7)44(57)27-37-42(55)25-35-38(45(37)61-50)28-52(48(35)63)23-13-20-40(49(59)60)53-29-39-34(47(53)58)24-41(54)36-26-43(56)51(8,62-46(36)39)22-12-19-33(6)17-10-15-31(3)4/h14-15,18-19,24-25,40,43-44,54-57H,9-13,16-17,20-23,26-29H2,1-8H3,(H,59,60)/b32-18+,33-19+/t40-,43-,44-,50+,51+/m0/s1. The third-order valence-corrected chi connectivity index (χ3v) is 14.0. The van der Waals surface area contributed by atoms with Crippen LogP contribution in [0, 0.1) is 0 Å². The Morgan fingerprint density at radius 2 is 1.24 bits per heavy atom. The van der Waals surface area contributed by atoms with E-state index in [1.807, 2.05) is 18.7 Å². The van der Waals surface area contributed by atoms with E-state index in [1.54, 1.807) is 6.07 Å². The van der Waals surface area contributed by atoms with Gasteiger partial charge < -0.3 is 44.8 Å². The van der Waals surface area contributed by atoms with E-state index in [9.17, 15) is 35.1 Å². The number of phenolic OH excluding ortho intramolecular Hbond substituents is 2. The van der Waals surface area contributed by atoms with Gasteiger partial charge in [0.05, 0.1) is 24.3 Å². The molecule has 0 bridgehead atoms. The van der Waals surface area contributed by atoms with E-state index in [1.165, 1.54) is 33.3 Å². The summed E-state index contributed by atoms with van der Waals surface area (Å²) < 4.78 is 13.2. The number of nitrogens with zero attached hydrogens (tertiary/aromatic N) is 2. The number of aliphatic hydroxyl groups is 2. The fraction of sp³-hybridized carbons (Fsp3) is 0.549. The Morgan fingerprint density at radius 1 is 0.762 bits per heavy atom. The van der Waals surface area contributed by atoms with Gasteiger partial charge in [-0.2, -0.15) is 0 Å². The van der Waals surface area contributed by atoms with E-state index >= 15 is 0 Å². The van der Waals surface area contributed by atoms with E-state index in [-0.39, 0.29) is 42.9 Å². The van der Waals surface area contributed by atoms with E-state index < -0.39 is 41.3 Å². The molecule has 4 heterocycles. The third-order valence-electron chi connectivity index (χ3n) is 13.5. The normalized spacial score (nSPS) is 23.3. The molecule has 0 radical (unpaired) electrons. The van der Waals surface area contributed by atoms with Crippen molar-refractivity contribution in [2.45, 2.75) is 175 Å². The van der Waals surface area contributed by atoms with Crippen LogP contribution in [-0.4, -0.2) is 88.2 Å². The number of phenols is 2. The third kappa shape index (κ3) is 10.5.